The lowest BCUT2D eigenvalue weighted by molar-refractivity contribution is -0.305. The zero-order chi connectivity index (χ0) is 27.4. The number of benzene rings is 1. The number of ether oxygens (including phenoxy) is 4. The first kappa shape index (κ1) is 28.9. The highest BCUT2D eigenvalue weighted by molar-refractivity contribution is 6.00. The molecule has 0 aliphatic carbocycles. The van der Waals surface area contributed by atoms with Crippen LogP contribution in [0.25, 0.3) is 0 Å². The summed E-state index contributed by atoms with van der Waals surface area (Å²) in [6.07, 6.45) is -15.7. The van der Waals surface area contributed by atoms with E-state index in [1.54, 1.807) is 27.7 Å². The number of halogens is 6. The van der Waals surface area contributed by atoms with Crippen LogP contribution in [-0.2, 0) is 19.1 Å². The molecule has 0 aromatic heterocycles. The number of rotatable bonds is 9. The van der Waals surface area contributed by atoms with Gasteiger partial charge >= 0.3 is 24.2 Å². The maximum Gasteiger partial charge on any atom is 0.439 e. The van der Waals surface area contributed by atoms with Crippen LogP contribution in [0.5, 0.6) is 11.5 Å². The van der Waals surface area contributed by atoms with E-state index in [4.69, 9.17) is 14.2 Å². The largest absolute Gasteiger partial charge is 0.493 e. The van der Waals surface area contributed by atoms with Crippen molar-refractivity contribution in [3.8, 4) is 11.5 Å². The minimum absolute atomic E-state index is 0.00690. The van der Waals surface area contributed by atoms with E-state index in [1.165, 1.54) is 0 Å². The minimum atomic E-state index is -5.88. The molecular formula is C23H25F6NO6. The minimum Gasteiger partial charge on any atom is -0.493 e. The number of alkyl halides is 6. The Morgan fingerprint density at radius 1 is 0.944 bits per heavy atom. The fourth-order valence-electron chi connectivity index (χ4n) is 3.62. The van der Waals surface area contributed by atoms with Crippen molar-refractivity contribution in [2.45, 2.75) is 52.1 Å². The maximum absolute atomic E-state index is 13.9. The molecule has 1 unspecified atom stereocenters. The smallest absolute Gasteiger partial charge is 0.439 e. The van der Waals surface area contributed by atoms with Crippen molar-refractivity contribution in [1.82, 2.24) is 5.32 Å². The Bertz CT molecular complexity index is 1030. The number of carbonyl (C=O) groups is 2. The summed E-state index contributed by atoms with van der Waals surface area (Å²) in [6, 6.07) is 3.04. The predicted octanol–water partition coefficient (Wildman–Crippen LogP) is 4.93. The number of nitrogens with one attached hydrogen (secondary N) is 1. The van der Waals surface area contributed by atoms with Gasteiger partial charge in [-0.15, -0.1) is 0 Å². The van der Waals surface area contributed by atoms with E-state index in [0.717, 1.165) is 25.3 Å². The molecule has 0 radical (unpaired) electrons. The van der Waals surface area contributed by atoms with E-state index >= 15 is 0 Å². The summed E-state index contributed by atoms with van der Waals surface area (Å²) in [7, 11) is 1.02. The Morgan fingerprint density at radius 2 is 1.44 bits per heavy atom. The molecule has 0 spiro atoms. The van der Waals surface area contributed by atoms with Crippen LogP contribution in [0.4, 0.5) is 26.3 Å². The second-order valence-corrected chi connectivity index (χ2v) is 7.55. The lowest BCUT2D eigenvalue weighted by Crippen LogP contribution is -2.45. The number of hydrogen-bond donors (Lipinski definition) is 1. The van der Waals surface area contributed by atoms with E-state index in [1.807, 2.05) is 0 Å². The van der Waals surface area contributed by atoms with Gasteiger partial charge in [0, 0.05) is 11.4 Å². The van der Waals surface area contributed by atoms with Crippen molar-refractivity contribution >= 4 is 11.9 Å². The monoisotopic (exact) mass is 525 g/mol. The standard InChI is InChI=1S/C23H25F6NO6/c1-6-34-19(31)16-11(3)30-12(4)17(20(32)35-7-2)18(16)13-8-9-14(15(10-13)33-5)36-23(28,29)21(24)22(25,26)27/h8-10,18,21,30H,6-7H2,1-5H3. The average molecular weight is 525 g/mol. The van der Waals surface area contributed by atoms with E-state index in [9.17, 15) is 35.9 Å². The summed E-state index contributed by atoms with van der Waals surface area (Å²) >= 11 is 0. The molecule has 7 nitrogen and oxygen atoms in total. The van der Waals surface area contributed by atoms with Crippen molar-refractivity contribution in [3.05, 3.63) is 46.3 Å². The van der Waals surface area contributed by atoms with Crippen molar-refractivity contribution in [3.63, 3.8) is 0 Å². The fraction of sp³-hybridized carbons (Fsp3) is 0.478. The van der Waals surface area contributed by atoms with Crippen LogP contribution in [0.3, 0.4) is 0 Å². The molecule has 1 aliphatic rings. The van der Waals surface area contributed by atoms with Crippen LogP contribution in [0.1, 0.15) is 39.2 Å². The van der Waals surface area contributed by atoms with Gasteiger partial charge in [0.2, 0.25) is 0 Å². The van der Waals surface area contributed by atoms with Gasteiger partial charge in [-0.25, -0.2) is 14.0 Å². The van der Waals surface area contributed by atoms with Gasteiger partial charge in [0.15, 0.2) is 11.5 Å². The number of esters is 2. The molecule has 0 amide bonds. The third-order valence-corrected chi connectivity index (χ3v) is 5.10. The molecular weight excluding hydrogens is 500 g/mol. The van der Waals surface area contributed by atoms with Gasteiger partial charge in [-0.1, -0.05) is 6.07 Å². The van der Waals surface area contributed by atoms with E-state index in [0.29, 0.717) is 11.4 Å². The van der Waals surface area contributed by atoms with E-state index in [2.05, 4.69) is 10.1 Å². The van der Waals surface area contributed by atoms with Gasteiger partial charge in [0.1, 0.15) is 0 Å². The zero-order valence-electron chi connectivity index (χ0n) is 20.0. The summed E-state index contributed by atoms with van der Waals surface area (Å²) < 4.78 is 97.8. The highest BCUT2D eigenvalue weighted by atomic mass is 19.4. The molecule has 0 saturated heterocycles. The number of carbonyl (C=O) groups excluding carboxylic acids is 2. The molecule has 1 aliphatic heterocycles. The quantitative estimate of drug-likeness (QED) is 0.362. The zero-order valence-corrected chi connectivity index (χ0v) is 20.0. The Labute approximate surface area is 203 Å². The van der Waals surface area contributed by atoms with Crippen LogP contribution in [-0.4, -0.2) is 50.7 Å². The highest BCUT2D eigenvalue weighted by Crippen LogP contribution is 2.44. The highest BCUT2D eigenvalue weighted by Gasteiger charge is 2.59. The van der Waals surface area contributed by atoms with Crippen LogP contribution in [0, 0.1) is 0 Å². The summed E-state index contributed by atoms with van der Waals surface area (Å²) in [6.45, 7) is 6.27. The molecule has 0 fully saturated rings. The predicted molar refractivity (Wildman–Crippen MR) is 114 cm³/mol. The number of hydrogen-bond acceptors (Lipinski definition) is 7. The maximum atomic E-state index is 13.9. The molecule has 1 aromatic rings. The van der Waals surface area contributed by atoms with Gasteiger partial charge in [-0.05, 0) is 45.4 Å². The van der Waals surface area contributed by atoms with Gasteiger partial charge in [-0.3, -0.25) is 0 Å². The lowest BCUT2D eigenvalue weighted by atomic mass is 9.80. The molecule has 0 saturated carbocycles. The molecule has 1 N–H and O–H groups in total. The summed E-state index contributed by atoms with van der Waals surface area (Å²) in [4.78, 5) is 25.6. The van der Waals surface area contributed by atoms with Crippen LogP contribution >= 0.6 is 0 Å². The Balaban J connectivity index is 2.64. The first-order valence-corrected chi connectivity index (χ1v) is 10.7. The second kappa shape index (κ2) is 11.1. The lowest BCUT2D eigenvalue weighted by Gasteiger charge is -2.31. The Morgan fingerprint density at radius 3 is 1.86 bits per heavy atom. The summed E-state index contributed by atoms with van der Waals surface area (Å²) in [5.74, 6) is -4.08. The fourth-order valence-corrected chi connectivity index (χ4v) is 3.62. The molecule has 2 rings (SSSR count). The number of methoxy groups -OCH3 is 1. The summed E-state index contributed by atoms with van der Waals surface area (Å²) in [5.41, 5.74) is 0.821. The van der Waals surface area contributed by atoms with E-state index in [-0.39, 0.29) is 29.9 Å². The second-order valence-electron chi connectivity index (χ2n) is 7.55. The average Bonchev–Trinajstić information content (AvgIpc) is 2.77. The van der Waals surface area contributed by atoms with Crippen LogP contribution in [0.15, 0.2) is 40.7 Å². The van der Waals surface area contributed by atoms with Gasteiger partial charge in [-0.2, -0.15) is 22.0 Å². The summed E-state index contributed by atoms with van der Waals surface area (Å²) in [5, 5.41) is 2.91. The Kier molecular flexibility index (Phi) is 8.92. The van der Waals surface area contributed by atoms with Crippen molar-refractivity contribution < 1.29 is 54.9 Å². The topological polar surface area (TPSA) is 83.1 Å². The molecule has 1 heterocycles. The Hall–Kier alpha value is -3.38. The third-order valence-electron chi connectivity index (χ3n) is 5.10. The molecule has 13 heteroatoms. The van der Waals surface area contributed by atoms with Crippen LogP contribution < -0.4 is 14.8 Å². The van der Waals surface area contributed by atoms with Crippen molar-refractivity contribution in [2.75, 3.05) is 20.3 Å². The SMILES string of the molecule is CCOC(=O)C1=C(C)NC(C)=C(C(=O)OCC)C1c1ccc(OC(F)(F)C(F)C(F)(F)F)c(OC)c1. The molecule has 0 bridgehead atoms. The third kappa shape index (κ3) is 6.05. The van der Waals surface area contributed by atoms with Crippen molar-refractivity contribution in [1.29, 1.82) is 0 Å². The van der Waals surface area contributed by atoms with Gasteiger partial charge in [0.25, 0.3) is 6.17 Å². The normalized spacial score (nSPS) is 15.9. The first-order chi connectivity index (χ1) is 16.7. The van der Waals surface area contributed by atoms with E-state index < -0.39 is 47.8 Å². The first-order valence-electron chi connectivity index (χ1n) is 10.7. The molecule has 1 atom stereocenters. The number of allylic oxidation sites excluding steroid dienone is 2. The van der Waals surface area contributed by atoms with Crippen molar-refractivity contribution in [2.24, 2.45) is 0 Å². The van der Waals surface area contributed by atoms with Crippen LogP contribution in [0.2, 0.25) is 0 Å². The molecule has 1 aromatic carbocycles. The van der Waals surface area contributed by atoms with Gasteiger partial charge in [0.05, 0.1) is 37.4 Å². The number of dihydropyridines is 1. The molecule has 36 heavy (non-hydrogen) atoms. The molecule has 200 valence electrons. The van der Waals surface area contributed by atoms with Gasteiger partial charge < -0.3 is 24.3 Å².